The van der Waals surface area contributed by atoms with Gasteiger partial charge in [-0.15, -0.1) is 0 Å². The number of ether oxygens (including phenoxy) is 2. The monoisotopic (exact) mass is 448 g/mol. The summed E-state index contributed by atoms with van der Waals surface area (Å²) in [6.45, 7) is 4.02. The first-order valence-corrected chi connectivity index (χ1v) is 11.9. The zero-order valence-electron chi connectivity index (χ0n) is 19.4. The topological polar surface area (TPSA) is 70.7 Å². The van der Waals surface area contributed by atoms with E-state index >= 15 is 0 Å². The molecule has 1 aromatic carbocycles. The van der Waals surface area contributed by atoms with Crippen LogP contribution in [0.5, 0.6) is 11.5 Å². The highest BCUT2D eigenvalue weighted by molar-refractivity contribution is 5.93. The number of carbonyl (C=O) groups excluding carboxylic acids is 1. The van der Waals surface area contributed by atoms with Crippen LogP contribution in [-0.2, 0) is 6.54 Å². The number of aromatic nitrogens is 2. The van der Waals surface area contributed by atoms with Crippen LogP contribution in [0.1, 0.15) is 44.6 Å². The predicted octanol–water partition coefficient (Wildman–Crippen LogP) is 5.36. The minimum absolute atomic E-state index is 0.0131. The van der Waals surface area contributed by atoms with Crippen LogP contribution < -0.4 is 14.4 Å². The molecule has 7 heteroatoms. The van der Waals surface area contributed by atoms with E-state index in [4.69, 9.17) is 9.47 Å². The highest BCUT2D eigenvalue weighted by atomic mass is 16.5. The lowest BCUT2D eigenvalue weighted by atomic mass is 10.1. The molecular formula is C26H32N4O3. The van der Waals surface area contributed by atoms with Gasteiger partial charge in [-0.1, -0.05) is 12.8 Å². The summed E-state index contributed by atoms with van der Waals surface area (Å²) in [5.74, 6) is 2.30. The van der Waals surface area contributed by atoms with Gasteiger partial charge >= 0.3 is 6.03 Å². The Bertz CT molecular complexity index is 1120. The zero-order chi connectivity index (χ0) is 22.8. The number of fused-ring (bicyclic) bond motifs is 1. The molecule has 0 spiro atoms. The lowest BCUT2D eigenvalue weighted by molar-refractivity contribution is 0.166. The summed E-state index contributed by atoms with van der Waals surface area (Å²) in [7, 11) is 1.65. The Balaban J connectivity index is 1.33. The molecule has 174 valence electrons. The maximum atomic E-state index is 13.6. The smallest absolute Gasteiger partial charge is 0.325 e. The van der Waals surface area contributed by atoms with Crippen LogP contribution in [0.25, 0.3) is 11.0 Å². The number of rotatable bonds is 9. The molecule has 2 aromatic heterocycles. The molecule has 0 radical (unpaired) electrons. The molecule has 3 aromatic rings. The first-order valence-electron chi connectivity index (χ1n) is 11.9. The molecule has 2 aliphatic rings. The van der Waals surface area contributed by atoms with Crippen molar-refractivity contribution in [3.05, 3.63) is 48.3 Å². The molecule has 1 saturated carbocycles. The van der Waals surface area contributed by atoms with Gasteiger partial charge in [-0.05, 0) is 61.9 Å². The number of carbonyl (C=O) groups is 1. The number of amides is 2. The average molecular weight is 449 g/mol. The van der Waals surface area contributed by atoms with E-state index in [0.717, 1.165) is 41.0 Å². The third-order valence-corrected chi connectivity index (χ3v) is 6.84. The van der Waals surface area contributed by atoms with Crippen LogP contribution in [0.3, 0.4) is 0 Å². The van der Waals surface area contributed by atoms with Gasteiger partial charge in [-0.3, -0.25) is 4.90 Å². The molecule has 0 bridgehead atoms. The van der Waals surface area contributed by atoms with Crippen LogP contribution in [-0.4, -0.2) is 47.2 Å². The molecule has 2 fully saturated rings. The Hall–Kier alpha value is -3.22. The normalized spacial score (nSPS) is 18.7. The molecule has 0 unspecified atom stereocenters. The Labute approximate surface area is 194 Å². The second-order valence-corrected chi connectivity index (χ2v) is 9.18. The number of H-pyrrole nitrogens is 1. The Morgan fingerprint density at radius 3 is 2.85 bits per heavy atom. The zero-order valence-corrected chi connectivity index (χ0v) is 19.4. The number of benzene rings is 1. The van der Waals surface area contributed by atoms with Gasteiger partial charge in [-0.2, -0.15) is 0 Å². The SMILES string of the molecule is COc1ccc(N2CC[C@H](C)N(Cc3ccnc4[nH]ccc34)C2=O)cc1OCCCC1CC1. The van der Waals surface area contributed by atoms with Crippen molar-refractivity contribution in [2.45, 2.75) is 51.6 Å². The second-order valence-electron chi connectivity index (χ2n) is 9.18. The van der Waals surface area contributed by atoms with Gasteiger partial charge in [0.05, 0.1) is 13.7 Å². The van der Waals surface area contributed by atoms with E-state index in [1.165, 1.54) is 19.3 Å². The van der Waals surface area contributed by atoms with Gasteiger partial charge < -0.3 is 19.4 Å². The summed E-state index contributed by atoms with van der Waals surface area (Å²) in [5.41, 5.74) is 2.79. The number of nitrogens with one attached hydrogen (secondary N) is 1. The Morgan fingerprint density at radius 1 is 1.15 bits per heavy atom. The molecule has 3 heterocycles. The highest BCUT2D eigenvalue weighted by Crippen LogP contribution is 2.36. The lowest BCUT2D eigenvalue weighted by Gasteiger charge is -2.40. The summed E-state index contributed by atoms with van der Waals surface area (Å²) >= 11 is 0. The maximum Gasteiger partial charge on any atom is 0.325 e. The van der Waals surface area contributed by atoms with Crippen LogP contribution in [0, 0.1) is 5.92 Å². The van der Waals surface area contributed by atoms with E-state index in [2.05, 4.69) is 16.9 Å². The Morgan fingerprint density at radius 2 is 2.03 bits per heavy atom. The van der Waals surface area contributed by atoms with Crippen molar-refractivity contribution in [2.75, 3.05) is 25.2 Å². The number of urea groups is 1. The quantitative estimate of drug-likeness (QED) is 0.447. The van der Waals surface area contributed by atoms with Crippen molar-refractivity contribution in [1.82, 2.24) is 14.9 Å². The standard InChI is InChI=1S/C26H32N4O3/c1-18-11-14-29(26(31)30(18)17-20-9-12-27-25-22(20)10-13-28-25)21-7-8-23(32-2)24(16-21)33-15-3-4-19-5-6-19/h7-10,12-13,16,18-19H,3-6,11,14-15,17H2,1-2H3,(H,27,28)/t18-/m0/s1. The summed E-state index contributed by atoms with van der Waals surface area (Å²) in [6, 6.07) is 9.97. The van der Waals surface area contributed by atoms with Crippen LogP contribution in [0.2, 0.25) is 0 Å². The van der Waals surface area contributed by atoms with Crippen molar-refractivity contribution >= 4 is 22.8 Å². The number of aromatic amines is 1. The van der Waals surface area contributed by atoms with Gasteiger partial charge in [0.25, 0.3) is 0 Å². The van der Waals surface area contributed by atoms with E-state index in [1.54, 1.807) is 13.3 Å². The van der Waals surface area contributed by atoms with Crippen molar-refractivity contribution in [3.63, 3.8) is 0 Å². The van der Waals surface area contributed by atoms with E-state index in [-0.39, 0.29) is 12.1 Å². The van der Waals surface area contributed by atoms with Crippen molar-refractivity contribution in [2.24, 2.45) is 5.92 Å². The molecule has 33 heavy (non-hydrogen) atoms. The number of anilines is 1. The summed E-state index contributed by atoms with van der Waals surface area (Å²) < 4.78 is 11.6. The van der Waals surface area contributed by atoms with Gasteiger partial charge in [0.2, 0.25) is 0 Å². The van der Waals surface area contributed by atoms with Crippen molar-refractivity contribution in [1.29, 1.82) is 0 Å². The van der Waals surface area contributed by atoms with Crippen molar-refractivity contribution < 1.29 is 14.3 Å². The molecule has 7 nitrogen and oxygen atoms in total. The minimum Gasteiger partial charge on any atom is -0.493 e. The first-order chi connectivity index (χ1) is 16.1. The minimum atomic E-state index is 0.0131. The number of hydrogen-bond donors (Lipinski definition) is 1. The summed E-state index contributed by atoms with van der Waals surface area (Å²) in [5, 5.41) is 1.06. The van der Waals surface area contributed by atoms with Crippen molar-refractivity contribution in [3.8, 4) is 11.5 Å². The summed E-state index contributed by atoms with van der Waals surface area (Å²) in [4.78, 5) is 24.9. The average Bonchev–Trinajstić information content (AvgIpc) is 3.53. The molecule has 5 rings (SSSR count). The molecule has 2 amide bonds. The molecule has 1 aliphatic carbocycles. The number of hydrogen-bond acceptors (Lipinski definition) is 4. The highest BCUT2D eigenvalue weighted by Gasteiger charge is 2.32. The third-order valence-electron chi connectivity index (χ3n) is 6.84. The van der Waals surface area contributed by atoms with Gasteiger partial charge in [0.1, 0.15) is 5.65 Å². The van der Waals surface area contributed by atoms with E-state index in [1.807, 2.05) is 46.3 Å². The fourth-order valence-electron chi connectivity index (χ4n) is 4.62. The maximum absolute atomic E-state index is 13.6. The molecule has 1 saturated heterocycles. The fraction of sp³-hybridized carbons (Fsp3) is 0.462. The van der Waals surface area contributed by atoms with E-state index in [9.17, 15) is 4.79 Å². The summed E-state index contributed by atoms with van der Waals surface area (Å²) in [6.07, 6.45) is 9.57. The van der Waals surface area contributed by atoms with E-state index < -0.39 is 0 Å². The first kappa shape index (κ1) is 21.6. The number of pyridine rings is 1. The second kappa shape index (κ2) is 9.33. The van der Waals surface area contributed by atoms with Crippen LogP contribution in [0.15, 0.2) is 42.7 Å². The molecule has 1 atom stereocenters. The fourth-order valence-corrected chi connectivity index (χ4v) is 4.62. The van der Waals surface area contributed by atoms with Gasteiger partial charge in [0.15, 0.2) is 11.5 Å². The third kappa shape index (κ3) is 4.63. The molecular weight excluding hydrogens is 416 g/mol. The molecule has 1 aliphatic heterocycles. The van der Waals surface area contributed by atoms with Gasteiger partial charge in [-0.25, -0.2) is 9.78 Å². The Kier molecular flexibility index (Phi) is 6.11. The largest absolute Gasteiger partial charge is 0.493 e. The predicted molar refractivity (Wildman–Crippen MR) is 129 cm³/mol. The van der Waals surface area contributed by atoms with Gasteiger partial charge in [0, 0.05) is 48.7 Å². The number of methoxy groups -OCH3 is 1. The van der Waals surface area contributed by atoms with E-state index in [0.29, 0.717) is 31.2 Å². The van der Waals surface area contributed by atoms with Crippen LogP contribution >= 0.6 is 0 Å². The lowest BCUT2D eigenvalue weighted by Crippen LogP contribution is -2.53. The number of nitrogens with zero attached hydrogens (tertiary/aromatic N) is 3. The molecule has 1 N–H and O–H groups in total. The van der Waals surface area contributed by atoms with Crippen LogP contribution in [0.4, 0.5) is 10.5 Å².